The van der Waals surface area contributed by atoms with Gasteiger partial charge >= 0.3 is 0 Å². The third kappa shape index (κ3) is 3.87. The number of nitrogens with one attached hydrogen (secondary N) is 1. The molecule has 18 heavy (non-hydrogen) atoms. The molecular weight excluding hydrogens is 248 g/mol. The minimum Gasteiger partial charge on any atom is -0.492 e. The van der Waals surface area contributed by atoms with E-state index in [0.29, 0.717) is 11.6 Å². The van der Waals surface area contributed by atoms with Crippen LogP contribution in [0.2, 0.25) is 5.02 Å². The molecule has 2 rings (SSSR count). The molecule has 1 aliphatic carbocycles. The van der Waals surface area contributed by atoms with Gasteiger partial charge < -0.3 is 15.8 Å². The minimum absolute atomic E-state index is 0.0798. The van der Waals surface area contributed by atoms with Gasteiger partial charge in [-0.05, 0) is 50.4 Å². The summed E-state index contributed by atoms with van der Waals surface area (Å²) in [6, 6.07) is 5.98. The molecule has 1 aromatic rings. The van der Waals surface area contributed by atoms with Crippen molar-refractivity contribution in [2.75, 3.05) is 19.7 Å². The summed E-state index contributed by atoms with van der Waals surface area (Å²) in [5, 5.41) is 4.08. The number of benzene rings is 1. The molecule has 0 heterocycles. The molecule has 4 heteroatoms. The van der Waals surface area contributed by atoms with E-state index in [9.17, 15) is 0 Å². The molecule has 0 unspecified atom stereocenters. The Balaban J connectivity index is 1.76. The first-order valence-electron chi connectivity index (χ1n) is 6.54. The van der Waals surface area contributed by atoms with Gasteiger partial charge in [-0.15, -0.1) is 0 Å². The fraction of sp³-hybridized carbons (Fsp3) is 0.571. The lowest BCUT2D eigenvalue weighted by Crippen LogP contribution is -2.36. The van der Waals surface area contributed by atoms with E-state index < -0.39 is 0 Å². The van der Waals surface area contributed by atoms with Crippen molar-refractivity contribution in [3.8, 4) is 5.75 Å². The number of hydrogen-bond donors (Lipinski definition) is 2. The van der Waals surface area contributed by atoms with E-state index in [1.54, 1.807) is 0 Å². The second-order valence-electron chi connectivity index (χ2n) is 4.99. The van der Waals surface area contributed by atoms with Crippen LogP contribution in [0.15, 0.2) is 18.2 Å². The summed E-state index contributed by atoms with van der Waals surface area (Å²) in [4.78, 5) is 0. The van der Waals surface area contributed by atoms with Crippen LogP contribution in [-0.4, -0.2) is 25.2 Å². The third-order valence-corrected chi connectivity index (χ3v) is 3.55. The van der Waals surface area contributed by atoms with Gasteiger partial charge in [-0.1, -0.05) is 17.7 Å². The summed E-state index contributed by atoms with van der Waals surface area (Å²) in [6.07, 6.45) is 3.26. The van der Waals surface area contributed by atoms with E-state index in [1.807, 2.05) is 19.1 Å². The van der Waals surface area contributed by atoms with Gasteiger partial charge in [0.15, 0.2) is 0 Å². The lowest BCUT2D eigenvalue weighted by atomic mass is 10.1. The monoisotopic (exact) mass is 268 g/mol. The van der Waals surface area contributed by atoms with Gasteiger partial charge in [-0.2, -0.15) is 0 Å². The highest BCUT2D eigenvalue weighted by molar-refractivity contribution is 6.32. The smallest absolute Gasteiger partial charge is 0.137 e. The van der Waals surface area contributed by atoms with E-state index in [-0.39, 0.29) is 5.54 Å². The molecule has 3 nitrogen and oxygen atoms in total. The molecule has 0 aromatic heterocycles. The van der Waals surface area contributed by atoms with Crippen LogP contribution in [0.25, 0.3) is 0 Å². The Kier molecular flexibility index (Phi) is 4.49. The molecule has 0 saturated heterocycles. The Morgan fingerprint density at radius 1 is 1.44 bits per heavy atom. The highest BCUT2D eigenvalue weighted by Crippen LogP contribution is 2.31. The van der Waals surface area contributed by atoms with Crippen molar-refractivity contribution in [3.63, 3.8) is 0 Å². The Bertz CT molecular complexity index is 405. The number of rotatable bonds is 7. The molecule has 0 amide bonds. The Labute approximate surface area is 114 Å². The van der Waals surface area contributed by atoms with Crippen LogP contribution < -0.4 is 15.8 Å². The molecular formula is C14H21ClN2O. The number of hydrogen-bond acceptors (Lipinski definition) is 3. The number of nitrogens with two attached hydrogens (primary N) is 1. The molecule has 0 atom stereocenters. The fourth-order valence-electron chi connectivity index (χ4n) is 1.88. The minimum atomic E-state index is 0.0798. The van der Waals surface area contributed by atoms with Crippen LogP contribution in [0.4, 0.5) is 0 Å². The predicted octanol–water partition coefficient (Wildman–Crippen LogP) is 2.36. The van der Waals surface area contributed by atoms with Crippen LogP contribution in [0.5, 0.6) is 5.75 Å². The topological polar surface area (TPSA) is 47.3 Å². The van der Waals surface area contributed by atoms with Crippen LogP contribution in [0, 0.1) is 0 Å². The Morgan fingerprint density at radius 2 is 2.22 bits per heavy atom. The van der Waals surface area contributed by atoms with Crippen molar-refractivity contribution < 1.29 is 4.74 Å². The van der Waals surface area contributed by atoms with Crippen molar-refractivity contribution in [1.29, 1.82) is 0 Å². The second-order valence-corrected chi connectivity index (χ2v) is 5.39. The molecule has 100 valence electrons. The van der Waals surface area contributed by atoms with E-state index in [0.717, 1.165) is 38.1 Å². The summed E-state index contributed by atoms with van der Waals surface area (Å²) in [6.45, 7) is 4.44. The maximum atomic E-state index is 6.14. The van der Waals surface area contributed by atoms with E-state index in [2.05, 4.69) is 11.4 Å². The van der Waals surface area contributed by atoms with Crippen molar-refractivity contribution >= 4 is 11.6 Å². The quantitative estimate of drug-likeness (QED) is 0.747. The zero-order chi connectivity index (χ0) is 13.0. The van der Waals surface area contributed by atoms with Crippen LogP contribution in [0.1, 0.15) is 25.3 Å². The molecule has 0 bridgehead atoms. The summed E-state index contributed by atoms with van der Waals surface area (Å²) < 4.78 is 5.41. The molecule has 3 N–H and O–H groups in total. The first-order valence-corrected chi connectivity index (χ1v) is 6.91. The molecule has 0 radical (unpaired) electrons. The average molecular weight is 269 g/mol. The lowest BCUT2D eigenvalue weighted by molar-refractivity contribution is 0.340. The average Bonchev–Trinajstić information content (AvgIpc) is 3.07. The van der Waals surface area contributed by atoms with Gasteiger partial charge in [0.1, 0.15) is 5.75 Å². The zero-order valence-corrected chi connectivity index (χ0v) is 11.6. The molecule has 0 aliphatic heterocycles. The van der Waals surface area contributed by atoms with Gasteiger partial charge in [0.25, 0.3) is 0 Å². The standard InChI is InChI=1S/C14H21ClN2O/c1-2-18-13-4-3-11(9-12(13)15)5-8-17-10-14(16)6-7-14/h3-4,9,17H,2,5-8,10,16H2,1H3. The molecule has 1 aromatic carbocycles. The van der Waals surface area contributed by atoms with Crippen molar-refractivity contribution in [3.05, 3.63) is 28.8 Å². The first kappa shape index (κ1) is 13.7. The predicted molar refractivity (Wildman–Crippen MR) is 75.3 cm³/mol. The van der Waals surface area contributed by atoms with E-state index in [4.69, 9.17) is 22.1 Å². The second kappa shape index (κ2) is 5.91. The summed E-state index contributed by atoms with van der Waals surface area (Å²) in [5.41, 5.74) is 7.30. The number of halogens is 1. The summed E-state index contributed by atoms with van der Waals surface area (Å²) >= 11 is 6.14. The zero-order valence-electron chi connectivity index (χ0n) is 10.8. The maximum absolute atomic E-state index is 6.14. The normalized spacial score (nSPS) is 16.6. The maximum Gasteiger partial charge on any atom is 0.137 e. The van der Waals surface area contributed by atoms with Crippen molar-refractivity contribution in [2.45, 2.75) is 31.7 Å². The molecule has 1 aliphatic rings. The molecule has 1 saturated carbocycles. The van der Waals surface area contributed by atoms with E-state index in [1.165, 1.54) is 5.56 Å². The molecule has 0 spiro atoms. The van der Waals surface area contributed by atoms with Gasteiger partial charge in [0.2, 0.25) is 0 Å². The van der Waals surface area contributed by atoms with Crippen LogP contribution in [-0.2, 0) is 6.42 Å². The SMILES string of the molecule is CCOc1ccc(CCNCC2(N)CC2)cc1Cl. The fourth-order valence-corrected chi connectivity index (χ4v) is 2.14. The highest BCUT2D eigenvalue weighted by Gasteiger charge is 2.37. The Morgan fingerprint density at radius 3 is 2.83 bits per heavy atom. The van der Waals surface area contributed by atoms with Gasteiger partial charge in [0, 0.05) is 12.1 Å². The van der Waals surface area contributed by atoms with Gasteiger partial charge in [-0.3, -0.25) is 0 Å². The van der Waals surface area contributed by atoms with Crippen LogP contribution in [0.3, 0.4) is 0 Å². The summed E-state index contributed by atoms with van der Waals surface area (Å²) in [7, 11) is 0. The van der Waals surface area contributed by atoms with Crippen molar-refractivity contribution in [2.24, 2.45) is 5.73 Å². The van der Waals surface area contributed by atoms with Crippen molar-refractivity contribution in [1.82, 2.24) is 5.32 Å². The summed E-state index contributed by atoms with van der Waals surface area (Å²) in [5.74, 6) is 0.759. The van der Waals surface area contributed by atoms with Gasteiger partial charge in [-0.25, -0.2) is 0 Å². The van der Waals surface area contributed by atoms with Crippen LogP contribution >= 0.6 is 11.6 Å². The lowest BCUT2D eigenvalue weighted by Gasteiger charge is -2.11. The molecule has 1 fully saturated rings. The van der Waals surface area contributed by atoms with E-state index >= 15 is 0 Å². The van der Waals surface area contributed by atoms with Gasteiger partial charge in [0.05, 0.1) is 11.6 Å². The first-order chi connectivity index (χ1) is 8.63. The number of ether oxygens (including phenoxy) is 1. The Hall–Kier alpha value is -0.770. The highest BCUT2D eigenvalue weighted by atomic mass is 35.5. The largest absolute Gasteiger partial charge is 0.492 e. The third-order valence-electron chi connectivity index (χ3n) is 3.26.